The van der Waals surface area contributed by atoms with Crippen LogP contribution in [0.5, 0.6) is 0 Å². The zero-order valence-corrected chi connectivity index (χ0v) is 17.8. The lowest BCUT2D eigenvalue weighted by Gasteiger charge is -2.30. The summed E-state index contributed by atoms with van der Waals surface area (Å²) in [6.45, 7) is 2.80. The highest BCUT2D eigenvalue weighted by Crippen LogP contribution is 2.30. The molecule has 2 amide bonds. The predicted octanol–water partition coefficient (Wildman–Crippen LogP) is 4.74. The number of aryl methyl sites for hydroxylation is 1. The largest absolute Gasteiger partial charge is 0.360 e. The van der Waals surface area contributed by atoms with E-state index in [0.717, 1.165) is 9.75 Å². The second-order valence-electron chi connectivity index (χ2n) is 7.43. The number of halogens is 1. The van der Waals surface area contributed by atoms with E-state index in [-0.39, 0.29) is 23.5 Å². The van der Waals surface area contributed by atoms with Gasteiger partial charge in [-0.1, -0.05) is 23.4 Å². The Labute approximate surface area is 183 Å². The Balaban J connectivity index is 1.30. The van der Waals surface area contributed by atoms with Crippen LogP contribution in [0.3, 0.4) is 0 Å². The van der Waals surface area contributed by atoms with Crippen LogP contribution in [0.25, 0.3) is 16.5 Å². The molecule has 8 heteroatoms. The second-order valence-corrected chi connectivity index (χ2v) is 8.54. The quantitative estimate of drug-likeness (QED) is 0.583. The molecule has 31 heavy (non-hydrogen) atoms. The number of likely N-dealkylation sites (tertiary alicyclic amines) is 1. The van der Waals surface area contributed by atoms with Gasteiger partial charge in [0, 0.05) is 46.5 Å². The van der Waals surface area contributed by atoms with Crippen LogP contribution >= 0.6 is 11.3 Å². The molecule has 1 fully saturated rings. The molecule has 1 saturated heterocycles. The molecule has 4 rings (SSSR count). The highest BCUT2D eigenvalue weighted by Gasteiger charge is 2.27. The summed E-state index contributed by atoms with van der Waals surface area (Å²) >= 11 is 1.43. The first-order chi connectivity index (χ1) is 15.0. The van der Waals surface area contributed by atoms with E-state index in [4.69, 9.17) is 4.52 Å². The zero-order chi connectivity index (χ0) is 21.8. The van der Waals surface area contributed by atoms with Crippen molar-refractivity contribution < 1.29 is 18.5 Å². The topological polar surface area (TPSA) is 75.4 Å². The van der Waals surface area contributed by atoms with Gasteiger partial charge in [-0.25, -0.2) is 4.39 Å². The molecule has 0 atom stereocenters. The van der Waals surface area contributed by atoms with E-state index in [9.17, 15) is 14.0 Å². The minimum atomic E-state index is -0.262. The van der Waals surface area contributed by atoms with Gasteiger partial charge in [0.2, 0.25) is 11.8 Å². The number of anilines is 1. The van der Waals surface area contributed by atoms with Crippen LogP contribution in [-0.4, -0.2) is 35.0 Å². The maximum atomic E-state index is 13.9. The predicted molar refractivity (Wildman–Crippen MR) is 118 cm³/mol. The lowest BCUT2D eigenvalue weighted by Crippen LogP contribution is -2.40. The number of carbonyl (C=O) groups is 2. The van der Waals surface area contributed by atoms with Gasteiger partial charge < -0.3 is 14.7 Å². The molecule has 0 unspecified atom stereocenters. The van der Waals surface area contributed by atoms with Gasteiger partial charge in [0.05, 0.1) is 0 Å². The summed E-state index contributed by atoms with van der Waals surface area (Å²) in [7, 11) is 0. The number of piperidine rings is 1. The van der Waals surface area contributed by atoms with Crippen molar-refractivity contribution in [1.82, 2.24) is 10.1 Å². The van der Waals surface area contributed by atoms with Gasteiger partial charge in [-0.05, 0) is 44.0 Å². The fraction of sp³-hybridized carbons (Fsp3) is 0.261. The SMILES string of the molecule is Cc1cc(NC(=O)C2CCN(C(=O)/C=C/c3ccc(-c4ccccc4F)s3)CC2)no1. The van der Waals surface area contributed by atoms with E-state index >= 15 is 0 Å². The lowest BCUT2D eigenvalue weighted by atomic mass is 9.96. The first-order valence-corrected chi connectivity index (χ1v) is 10.9. The van der Waals surface area contributed by atoms with Crippen molar-refractivity contribution in [2.24, 2.45) is 5.92 Å². The number of carbonyl (C=O) groups excluding carboxylic acids is 2. The van der Waals surface area contributed by atoms with E-state index < -0.39 is 0 Å². The molecular formula is C23H22FN3O3S. The molecule has 3 aromatic rings. The first kappa shape index (κ1) is 21.0. The minimum Gasteiger partial charge on any atom is -0.360 e. The van der Waals surface area contributed by atoms with E-state index in [1.807, 2.05) is 12.1 Å². The molecule has 1 N–H and O–H groups in total. The van der Waals surface area contributed by atoms with Crippen molar-refractivity contribution in [3.63, 3.8) is 0 Å². The molecule has 0 aliphatic carbocycles. The molecule has 3 heterocycles. The van der Waals surface area contributed by atoms with E-state index in [1.54, 1.807) is 42.2 Å². The lowest BCUT2D eigenvalue weighted by molar-refractivity contribution is -0.130. The van der Waals surface area contributed by atoms with Gasteiger partial charge in [-0.2, -0.15) is 0 Å². The normalized spacial score (nSPS) is 14.8. The summed E-state index contributed by atoms with van der Waals surface area (Å²) in [4.78, 5) is 28.3. The maximum absolute atomic E-state index is 13.9. The second kappa shape index (κ2) is 9.26. The molecule has 2 aromatic heterocycles. The van der Waals surface area contributed by atoms with Crippen molar-refractivity contribution in [3.05, 3.63) is 65.0 Å². The number of amides is 2. The van der Waals surface area contributed by atoms with Crippen LogP contribution in [0.2, 0.25) is 0 Å². The molecule has 6 nitrogen and oxygen atoms in total. The smallest absolute Gasteiger partial charge is 0.246 e. The summed E-state index contributed by atoms with van der Waals surface area (Å²) in [6, 6.07) is 12.0. The van der Waals surface area contributed by atoms with Crippen LogP contribution in [0.1, 0.15) is 23.5 Å². The van der Waals surface area contributed by atoms with Crippen molar-refractivity contribution in [2.45, 2.75) is 19.8 Å². The summed E-state index contributed by atoms with van der Waals surface area (Å²) < 4.78 is 18.9. The van der Waals surface area contributed by atoms with Crippen LogP contribution in [-0.2, 0) is 9.59 Å². The molecule has 1 aromatic carbocycles. The maximum Gasteiger partial charge on any atom is 0.246 e. The number of thiophene rings is 1. The van der Waals surface area contributed by atoms with Crippen molar-refractivity contribution in [1.29, 1.82) is 0 Å². The summed E-state index contributed by atoms with van der Waals surface area (Å²) in [5, 5.41) is 6.53. The Bertz CT molecular complexity index is 1110. The molecular weight excluding hydrogens is 417 g/mol. The molecule has 1 aliphatic heterocycles. The number of hydrogen-bond acceptors (Lipinski definition) is 5. The molecule has 0 spiro atoms. The van der Waals surface area contributed by atoms with Crippen LogP contribution < -0.4 is 5.32 Å². The van der Waals surface area contributed by atoms with E-state index in [2.05, 4.69) is 10.5 Å². The average molecular weight is 440 g/mol. The minimum absolute atomic E-state index is 0.0909. The molecule has 0 saturated carbocycles. The first-order valence-electron chi connectivity index (χ1n) is 10.1. The number of nitrogens with one attached hydrogen (secondary N) is 1. The number of nitrogens with zero attached hydrogens (tertiary/aromatic N) is 2. The standard InChI is InChI=1S/C23H22FN3O3S/c1-15-14-21(26-30-15)25-23(29)16-10-12-27(13-11-16)22(28)9-7-17-6-8-20(31-17)18-4-2-3-5-19(18)24/h2-9,14,16H,10-13H2,1H3,(H,25,26,29)/b9-7+. The Morgan fingerprint density at radius 2 is 2.00 bits per heavy atom. The monoisotopic (exact) mass is 439 g/mol. The third-order valence-electron chi connectivity index (χ3n) is 5.21. The molecule has 0 bridgehead atoms. The number of benzene rings is 1. The molecule has 0 radical (unpaired) electrons. The number of aromatic nitrogens is 1. The van der Waals surface area contributed by atoms with E-state index in [1.165, 1.54) is 23.5 Å². The number of rotatable bonds is 5. The van der Waals surface area contributed by atoms with Gasteiger partial charge in [0.25, 0.3) is 0 Å². The number of hydrogen-bond donors (Lipinski definition) is 1. The van der Waals surface area contributed by atoms with Crippen LogP contribution in [0.15, 0.2) is 53.1 Å². The summed E-state index contributed by atoms with van der Waals surface area (Å²) in [6.07, 6.45) is 4.48. The third kappa shape index (κ3) is 5.08. The fourth-order valence-electron chi connectivity index (χ4n) is 3.52. The Morgan fingerprint density at radius 1 is 1.23 bits per heavy atom. The van der Waals surface area contributed by atoms with Gasteiger partial charge in [-0.3, -0.25) is 9.59 Å². The molecule has 160 valence electrons. The average Bonchev–Trinajstić information content (AvgIpc) is 3.41. The summed E-state index contributed by atoms with van der Waals surface area (Å²) in [5.74, 6) is 0.429. The Hall–Kier alpha value is -3.26. The highest BCUT2D eigenvalue weighted by atomic mass is 32.1. The molecule has 1 aliphatic rings. The van der Waals surface area contributed by atoms with Gasteiger partial charge in [-0.15, -0.1) is 11.3 Å². The van der Waals surface area contributed by atoms with Crippen molar-refractivity contribution >= 4 is 35.0 Å². The van der Waals surface area contributed by atoms with Crippen molar-refractivity contribution in [2.75, 3.05) is 18.4 Å². The van der Waals surface area contributed by atoms with E-state index in [0.29, 0.717) is 43.1 Å². The Kier molecular flexibility index (Phi) is 6.27. The third-order valence-corrected chi connectivity index (χ3v) is 6.30. The van der Waals surface area contributed by atoms with Crippen LogP contribution in [0, 0.1) is 18.7 Å². The highest BCUT2D eigenvalue weighted by molar-refractivity contribution is 7.16. The fourth-order valence-corrected chi connectivity index (χ4v) is 4.46. The zero-order valence-electron chi connectivity index (χ0n) is 17.0. The van der Waals surface area contributed by atoms with Gasteiger partial charge in [0.15, 0.2) is 5.82 Å². The Morgan fingerprint density at radius 3 is 2.71 bits per heavy atom. The van der Waals surface area contributed by atoms with Crippen molar-refractivity contribution in [3.8, 4) is 10.4 Å². The summed E-state index contributed by atoms with van der Waals surface area (Å²) in [5.41, 5.74) is 0.555. The van der Waals surface area contributed by atoms with Gasteiger partial charge >= 0.3 is 0 Å². The van der Waals surface area contributed by atoms with Gasteiger partial charge in [0.1, 0.15) is 11.6 Å². The van der Waals surface area contributed by atoms with Crippen LogP contribution in [0.4, 0.5) is 10.2 Å².